The SMILES string of the molecule is NCC(CN)OC(=O)/C=C/c1ccccc1. The lowest BCUT2D eigenvalue weighted by molar-refractivity contribution is -0.142. The van der Waals surface area contributed by atoms with E-state index < -0.39 is 12.1 Å². The van der Waals surface area contributed by atoms with E-state index in [4.69, 9.17) is 16.2 Å². The van der Waals surface area contributed by atoms with Gasteiger partial charge < -0.3 is 16.2 Å². The van der Waals surface area contributed by atoms with Crippen LogP contribution in [0.5, 0.6) is 0 Å². The minimum Gasteiger partial charge on any atom is -0.457 e. The molecule has 0 saturated heterocycles. The van der Waals surface area contributed by atoms with E-state index in [9.17, 15) is 4.79 Å². The van der Waals surface area contributed by atoms with E-state index in [-0.39, 0.29) is 13.1 Å². The van der Waals surface area contributed by atoms with Crippen molar-refractivity contribution in [2.75, 3.05) is 13.1 Å². The van der Waals surface area contributed by atoms with Crippen molar-refractivity contribution in [1.29, 1.82) is 0 Å². The van der Waals surface area contributed by atoms with Gasteiger partial charge in [0.05, 0.1) is 0 Å². The summed E-state index contributed by atoms with van der Waals surface area (Å²) in [5.74, 6) is -0.426. The summed E-state index contributed by atoms with van der Waals surface area (Å²) >= 11 is 0. The Kier molecular flexibility index (Phi) is 5.25. The fraction of sp³-hybridized carbons (Fsp3) is 0.250. The van der Waals surface area contributed by atoms with E-state index in [1.54, 1.807) is 6.08 Å². The van der Waals surface area contributed by atoms with Crippen molar-refractivity contribution in [2.24, 2.45) is 11.5 Å². The fourth-order valence-corrected chi connectivity index (χ4v) is 1.12. The maximum Gasteiger partial charge on any atom is 0.331 e. The van der Waals surface area contributed by atoms with Crippen LogP contribution in [0.1, 0.15) is 5.56 Å². The third-order valence-electron chi connectivity index (χ3n) is 2.02. The van der Waals surface area contributed by atoms with Crippen LogP contribution in [-0.2, 0) is 9.53 Å². The third kappa shape index (κ3) is 4.25. The van der Waals surface area contributed by atoms with Crippen LogP contribution in [0, 0.1) is 0 Å². The molecule has 0 heterocycles. The van der Waals surface area contributed by atoms with E-state index in [0.29, 0.717) is 0 Å². The molecule has 0 spiro atoms. The Morgan fingerprint density at radius 3 is 2.44 bits per heavy atom. The number of esters is 1. The first-order chi connectivity index (χ1) is 7.76. The molecule has 0 atom stereocenters. The molecular weight excluding hydrogens is 204 g/mol. The number of benzene rings is 1. The molecule has 0 aliphatic heterocycles. The first-order valence-electron chi connectivity index (χ1n) is 5.10. The summed E-state index contributed by atoms with van der Waals surface area (Å²) in [6, 6.07) is 9.50. The largest absolute Gasteiger partial charge is 0.457 e. The van der Waals surface area contributed by atoms with Crippen LogP contribution in [0.3, 0.4) is 0 Å². The summed E-state index contributed by atoms with van der Waals surface area (Å²) in [5, 5.41) is 0. The minimum atomic E-state index is -0.426. The van der Waals surface area contributed by atoms with Crippen LogP contribution >= 0.6 is 0 Å². The van der Waals surface area contributed by atoms with Crippen molar-refractivity contribution >= 4 is 12.0 Å². The zero-order chi connectivity index (χ0) is 11.8. The minimum absolute atomic E-state index is 0.238. The van der Waals surface area contributed by atoms with Gasteiger partial charge in [0, 0.05) is 19.2 Å². The highest BCUT2D eigenvalue weighted by Crippen LogP contribution is 2.01. The van der Waals surface area contributed by atoms with Gasteiger partial charge >= 0.3 is 5.97 Å². The molecule has 4 nitrogen and oxygen atoms in total. The topological polar surface area (TPSA) is 78.3 Å². The maximum absolute atomic E-state index is 11.3. The number of nitrogens with two attached hydrogens (primary N) is 2. The summed E-state index contributed by atoms with van der Waals surface area (Å²) < 4.78 is 4.99. The molecule has 16 heavy (non-hydrogen) atoms. The van der Waals surface area contributed by atoms with Crippen molar-refractivity contribution in [3.05, 3.63) is 42.0 Å². The molecule has 1 aromatic rings. The van der Waals surface area contributed by atoms with Gasteiger partial charge in [-0.25, -0.2) is 4.79 Å². The predicted octanol–water partition coefficient (Wildman–Crippen LogP) is 0.529. The molecule has 0 bridgehead atoms. The normalized spacial score (nSPS) is 10.9. The Labute approximate surface area is 94.9 Å². The second-order valence-electron chi connectivity index (χ2n) is 3.27. The lowest BCUT2D eigenvalue weighted by atomic mass is 10.2. The van der Waals surface area contributed by atoms with E-state index >= 15 is 0 Å². The van der Waals surface area contributed by atoms with Gasteiger partial charge in [0.1, 0.15) is 6.10 Å². The number of carbonyl (C=O) groups is 1. The number of hydrogen-bond acceptors (Lipinski definition) is 4. The molecule has 0 saturated carbocycles. The number of hydrogen-bond donors (Lipinski definition) is 2. The molecule has 0 amide bonds. The van der Waals surface area contributed by atoms with Crippen LogP contribution < -0.4 is 11.5 Å². The van der Waals surface area contributed by atoms with Gasteiger partial charge in [-0.1, -0.05) is 30.3 Å². The Bertz CT molecular complexity index is 345. The molecular formula is C12H16N2O2. The van der Waals surface area contributed by atoms with Crippen molar-refractivity contribution in [3.63, 3.8) is 0 Å². The van der Waals surface area contributed by atoms with Crippen LogP contribution in [-0.4, -0.2) is 25.2 Å². The van der Waals surface area contributed by atoms with Crippen LogP contribution in [0.2, 0.25) is 0 Å². The van der Waals surface area contributed by atoms with E-state index in [0.717, 1.165) is 5.56 Å². The van der Waals surface area contributed by atoms with Crippen molar-refractivity contribution < 1.29 is 9.53 Å². The summed E-state index contributed by atoms with van der Waals surface area (Å²) in [6.45, 7) is 0.475. The van der Waals surface area contributed by atoms with Crippen molar-refractivity contribution in [1.82, 2.24) is 0 Å². The van der Waals surface area contributed by atoms with Crippen LogP contribution in [0.25, 0.3) is 6.08 Å². The molecule has 4 N–H and O–H groups in total. The summed E-state index contributed by atoms with van der Waals surface area (Å²) in [5.41, 5.74) is 11.7. The summed E-state index contributed by atoms with van der Waals surface area (Å²) in [7, 11) is 0. The van der Waals surface area contributed by atoms with Gasteiger partial charge in [0.2, 0.25) is 0 Å². The zero-order valence-corrected chi connectivity index (χ0v) is 9.00. The number of ether oxygens (including phenoxy) is 1. The molecule has 0 unspecified atom stereocenters. The smallest absolute Gasteiger partial charge is 0.331 e. The first-order valence-corrected chi connectivity index (χ1v) is 5.10. The summed E-state index contributed by atoms with van der Waals surface area (Å²) in [6.07, 6.45) is 2.65. The Morgan fingerprint density at radius 2 is 1.88 bits per heavy atom. The van der Waals surface area contributed by atoms with Gasteiger partial charge in [-0.3, -0.25) is 0 Å². The molecule has 86 valence electrons. The molecule has 1 aromatic carbocycles. The molecule has 4 heteroatoms. The second kappa shape index (κ2) is 6.76. The second-order valence-corrected chi connectivity index (χ2v) is 3.27. The predicted molar refractivity (Wildman–Crippen MR) is 63.5 cm³/mol. The number of rotatable bonds is 5. The highest BCUT2D eigenvalue weighted by molar-refractivity contribution is 5.87. The molecule has 1 rings (SSSR count). The van der Waals surface area contributed by atoms with E-state index in [2.05, 4.69) is 0 Å². The van der Waals surface area contributed by atoms with Gasteiger partial charge in [-0.15, -0.1) is 0 Å². The highest BCUT2D eigenvalue weighted by atomic mass is 16.5. The average molecular weight is 220 g/mol. The Hall–Kier alpha value is -1.65. The van der Waals surface area contributed by atoms with E-state index in [1.165, 1.54) is 6.08 Å². The van der Waals surface area contributed by atoms with Gasteiger partial charge in [0.25, 0.3) is 0 Å². The lowest BCUT2D eigenvalue weighted by Crippen LogP contribution is -2.33. The zero-order valence-electron chi connectivity index (χ0n) is 9.00. The first kappa shape index (κ1) is 12.4. The van der Waals surface area contributed by atoms with Gasteiger partial charge in [-0.2, -0.15) is 0 Å². The molecule has 0 fully saturated rings. The number of carbonyl (C=O) groups excluding carboxylic acids is 1. The standard InChI is InChI=1S/C12H16N2O2/c13-8-11(9-14)16-12(15)7-6-10-4-2-1-3-5-10/h1-7,11H,8-9,13-14H2/b7-6+. The van der Waals surface area contributed by atoms with E-state index in [1.807, 2.05) is 30.3 Å². The Balaban J connectivity index is 2.48. The third-order valence-corrected chi connectivity index (χ3v) is 2.02. The average Bonchev–Trinajstić information content (AvgIpc) is 2.34. The molecule has 0 aliphatic carbocycles. The fourth-order valence-electron chi connectivity index (χ4n) is 1.12. The molecule has 0 radical (unpaired) electrons. The van der Waals surface area contributed by atoms with Gasteiger partial charge in [0.15, 0.2) is 0 Å². The lowest BCUT2D eigenvalue weighted by Gasteiger charge is -2.11. The van der Waals surface area contributed by atoms with Crippen LogP contribution in [0.15, 0.2) is 36.4 Å². The Morgan fingerprint density at radius 1 is 1.25 bits per heavy atom. The van der Waals surface area contributed by atoms with Crippen molar-refractivity contribution in [3.8, 4) is 0 Å². The maximum atomic E-state index is 11.3. The van der Waals surface area contributed by atoms with Gasteiger partial charge in [-0.05, 0) is 11.6 Å². The monoisotopic (exact) mass is 220 g/mol. The molecule has 0 aliphatic rings. The van der Waals surface area contributed by atoms with Crippen molar-refractivity contribution in [2.45, 2.75) is 6.10 Å². The van der Waals surface area contributed by atoms with Crippen LogP contribution in [0.4, 0.5) is 0 Å². The summed E-state index contributed by atoms with van der Waals surface area (Å²) in [4.78, 5) is 11.3. The molecule has 0 aromatic heterocycles. The quantitative estimate of drug-likeness (QED) is 0.560. The highest BCUT2D eigenvalue weighted by Gasteiger charge is 2.07.